The van der Waals surface area contributed by atoms with Gasteiger partial charge in [-0.15, -0.1) is 21.5 Å². The highest BCUT2D eigenvalue weighted by molar-refractivity contribution is 7.98. The van der Waals surface area contributed by atoms with Crippen LogP contribution in [0, 0.1) is 6.92 Å². The Morgan fingerprint density at radius 1 is 1.08 bits per heavy atom. The van der Waals surface area contributed by atoms with Crippen LogP contribution in [0.1, 0.15) is 21.1 Å². The summed E-state index contributed by atoms with van der Waals surface area (Å²) < 4.78 is 7.26. The highest BCUT2D eigenvalue weighted by atomic mass is 35.5. The van der Waals surface area contributed by atoms with Gasteiger partial charge in [0.05, 0.1) is 23.6 Å². The summed E-state index contributed by atoms with van der Waals surface area (Å²) >= 11 is 15.8. The van der Waals surface area contributed by atoms with Gasteiger partial charge in [-0.05, 0) is 49.4 Å². The molecule has 192 valence electrons. The molecule has 1 amide bonds. The number of hydrogen-bond donors (Lipinski definition) is 1. The first kappa shape index (κ1) is 26.2. The minimum absolute atomic E-state index is 0.254. The number of halogens is 2. The Balaban J connectivity index is 1.41. The SMILES string of the molecule is COc1cccc(-c2nnc(SCc3nc(C(=O)Nc4ccc(C)cc4)cs3)n2-c2cc(Cl)ccc2Cl)c1. The Morgan fingerprint density at radius 2 is 1.89 bits per heavy atom. The lowest BCUT2D eigenvalue weighted by Crippen LogP contribution is -2.12. The predicted octanol–water partition coefficient (Wildman–Crippen LogP) is 7.56. The normalized spacial score (nSPS) is 10.9. The van der Waals surface area contributed by atoms with Crippen LogP contribution in [0.2, 0.25) is 10.0 Å². The van der Waals surface area contributed by atoms with E-state index >= 15 is 0 Å². The van der Waals surface area contributed by atoms with E-state index in [0.717, 1.165) is 21.8 Å². The second-order valence-electron chi connectivity index (χ2n) is 8.20. The fourth-order valence-corrected chi connectivity index (χ4v) is 5.73. The van der Waals surface area contributed by atoms with E-state index in [1.807, 2.05) is 60.0 Å². The van der Waals surface area contributed by atoms with E-state index in [2.05, 4.69) is 20.5 Å². The van der Waals surface area contributed by atoms with E-state index in [1.54, 1.807) is 30.7 Å². The van der Waals surface area contributed by atoms with E-state index in [-0.39, 0.29) is 5.91 Å². The Labute approximate surface area is 237 Å². The smallest absolute Gasteiger partial charge is 0.275 e. The number of amides is 1. The molecular formula is C27H21Cl2N5O2S2. The number of thioether (sulfide) groups is 1. The summed E-state index contributed by atoms with van der Waals surface area (Å²) in [6.45, 7) is 2.00. The summed E-state index contributed by atoms with van der Waals surface area (Å²) in [6.07, 6.45) is 0. The maximum Gasteiger partial charge on any atom is 0.275 e. The van der Waals surface area contributed by atoms with Crippen molar-refractivity contribution < 1.29 is 9.53 Å². The van der Waals surface area contributed by atoms with Crippen molar-refractivity contribution >= 4 is 57.9 Å². The van der Waals surface area contributed by atoms with Crippen molar-refractivity contribution in [2.75, 3.05) is 12.4 Å². The van der Waals surface area contributed by atoms with E-state index < -0.39 is 0 Å². The molecule has 38 heavy (non-hydrogen) atoms. The van der Waals surface area contributed by atoms with Crippen molar-refractivity contribution in [1.82, 2.24) is 19.7 Å². The molecule has 7 nitrogen and oxygen atoms in total. The Bertz CT molecular complexity index is 1600. The molecule has 0 aliphatic carbocycles. The van der Waals surface area contributed by atoms with E-state index in [1.165, 1.54) is 23.1 Å². The highest BCUT2D eigenvalue weighted by Crippen LogP contribution is 2.35. The van der Waals surface area contributed by atoms with Crippen LogP contribution in [0.15, 0.2) is 77.3 Å². The standard InChI is InChI=1S/C27H21Cl2N5O2S2/c1-16-6-9-19(10-7-16)30-26(35)22-14-37-24(31-22)15-38-27-33-32-25(17-4-3-5-20(12-17)36-2)34(27)23-13-18(28)8-11-21(23)29/h3-14H,15H2,1-2H3,(H,30,35). The topological polar surface area (TPSA) is 81.9 Å². The molecule has 0 saturated carbocycles. The average molecular weight is 583 g/mol. The van der Waals surface area contributed by atoms with Gasteiger partial charge in [0.15, 0.2) is 11.0 Å². The third-order valence-corrected chi connectivity index (χ3v) is 8.06. The number of nitrogens with zero attached hydrogens (tertiary/aromatic N) is 4. The van der Waals surface area contributed by atoms with Crippen molar-refractivity contribution in [2.24, 2.45) is 0 Å². The average Bonchev–Trinajstić information content (AvgIpc) is 3.57. The lowest BCUT2D eigenvalue weighted by Gasteiger charge is -2.12. The fraction of sp³-hybridized carbons (Fsp3) is 0.111. The van der Waals surface area contributed by atoms with E-state index in [0.29, 0.717) is 43.9 Å². The number of nitrogens with one attached hydrogen (secondary N) is 1. The lowest BCUT2D eigenvalue weighted by atomic mass is 10.2. The molecule has 0 saturated heterocycles. The summed E-state index contributed by atoms with van der Waals surface area (Å²) in [5.74, 6) is 1.52. The number of anilines is 1. The molecule has 3 aromatic carbocycles. The monoisotopic (exact) mass is 581 g/mol. The summed E-state index contributed by atoms with van der Waals surface area (Å²) in [4.78, 5) is 17.2. The van der Waals surface area contributed by atoms with Crippen molar-refractivity contribution in [3.05, 3.63) is 98.4 Å². The fourth-order valence-electron chi connectivity index (χ4n) is 3.63. The molecule has 0 spiro atoms. The van der Waals surface area contributed by atoms with Crippen molar-refractivity contribution in [2.45, 2.75) is 17.8 Å². The summed E-state index contributed by atoms with van der Waals surface area (Å²) in [7, 11) is 1.61. The molecule has 2 heterocycles. The number of carbonyl (C=O) groups excluding carboxylic acids is 1. The first-order chi connectivity index (χ1) is 18.4. The van der Waals surface area contributed by atoms with Gasteiger partial charge in [-0.25, -0.2) is 4.98 Å². The van der Waals surface area contributed by atoms with Gasteiger partial charge < -0.3 is 10.1 Å². The van der Waals surface area contributed by atoms with Gasteiger partial charge in [-0.1, -0.05) is 64.8 Å². The Kier molecular flexibility index (Phi) is 7.99. The first-order valence-corrected chi connectivity index (χ1v) is 14.0. The van der Waals surface area contributed by atoms with E-state index in [9.17, 15) is 4.79 Å². The quantitative estimate of drug-likeness (QED) is 0.190. The van der Waals surface area contributed by atoms with Crippen LogP contribution >= 0.6 is 46.3 Å². The van der Waals surface area contributed by atoms with Crippen molar-refractivity contribution in [3.8, 4) is 22.8 Å². The van der Waals surface area contributed by atoms with E-state index in [4.69, 9.17) is 27.9 Å². The van der Waals surface area contributed by atoms with Gasteiger partial charge in [-0.3, -0.25) is 9.36 Å². The molecule has 0 radical (unpaired) electrons. The second-order valence-corrected chi connectivity index (χ2v) is 10.9. The van der Waals surface area contributed by atoms with Gasteiger partial charge in [0.2, 0.25) is 0 Å². The van der Waals surface area contributed by atoms with Crippen LogP contribution in [0.3, 0.4) is 0 Å². The third-order valence-electron chi connectivity index (χ3n) is 5.53. The second kappa shape index (κ2) is 11.6. The first-order valence-electron chi connectivity index (χ1n) is 11.4. The molecular weight excluding hydrogens is 561 g/mol. The maximum absolute atomic E-state index is 12.7. The lowest BCUT2D eigenvalue weighted by molar-refractivity contribution is 0.102. The van der Waals surface area contributed by atoms with Crippen LogP contribution in [-0.2, 0) is 5.75 Å². The molecule has 0 atom stereocenters. The summed E-state index contributed by atoms with van der Waals surface area (Å²) in [5.41, 5.74) is 3.67. The molecule has 0 aliphatic rings. The summed E-state index contributed by atoms with van der Waals surface area (Å²) in [6, 6.07) is 20.4. The zero-order chi connectivity index (χ0) is 26.6. The number of carbonyl (C=O) groups is 1. The number of thiazole rings is 1. The minimum atomic E-state index is -0.254. The molecule has 2 aromatic heterocycles. The molecule has 0 aliphatic heterocycles. The van der Waals surface area contributed by atoms with Gasteiger partial charge in [0.25, 0.3) is 5.91 Å². The number of benzene rings is 3. The summed E-state index contributed by atoms with van der Waals surface area (Å²) in [5, 5.41) is 16.0. The third kappa shape index (κ3) is 5.86. The highest BCUT2D eigenvalue weighted by Gasteiger charge is 2.20. The number of rotatable bonds is 8. The van der Waals surface area contributed by atoms with Gasteiger partial charge in [0, 0.05) is 21.7 Å². The van der Waals surface area contributed by atoms with Crippen LogP contribution in [0.25, 0.3) is 17.1 Å². The van der Waals surface area contributed by atoms with Crippen LogP contribution in [0.4, 0.5) is 5.69 Å². The Morgan fingerprint density at radius 3 is 2.68 bits per heavy atom. The zero-order valence-electron chi connectivity index (χ0n) is 20.3. The van der Waals surface area contributed by atoms with Crippen molar-refractivity contribution in [1.29, 1.82) is 0 Å². The van der Waals surface area contributed by atoms with Crippen LogP contribution in [0.5, 0.6) is 5.75 Å². The molecule has 0 fully saturated rings. The maximum atomic E-state index is 12.7. The largest absolute Gasteiger partial charge is 0.497 e. The number of aryl methyl sites for hydroxylation is 1. The molecule has 11 heteroatoms. The van der Waals surface area contributed by atoms with Gasteiger partial charge in [-0.2, -0.15) is 0 Å². The van der Waals surface area contributed by atoms with Crippen LogP contribution in [-0.4, -0.2) is 32.8 Å². The van der Waals surface area contributed by atoms with Gasteiger partial charge >= 0.3 is 0 Å². The predicted molar refractivity (Wildman–Crippen MR) is 154 cm³/mol. The number of aromatic nitrogens is 4. The number of hydrogen-bond acceptors (Lipinski definition) is 7. The number of ether oxygens (including phenoxy) is 1. The molecule has 0 bridgehead atoms. The van der Waals surface area contributed by atoms with Crippen molar-refractivity contribution in [3.63, 3.8) is 0 Å². The molecule has 0 unspecified atom stereocenters. The molecule has 5 aromatic rings. The molecule has 5 rings (SSSR count). The zero-order valence-corrected chi connectivity index (χ0v) is 23.5. The minimum Gasteiger partial charge on any atom is -0.497 e. The Hall–Kier alpha value is -3.37. The van der Waals surface area contributed by atoms with Gasteiger partial charge in [0.1, 0.15) is 16.5 Å². The number of methoxy groups -OCH3 is 1. The molecule has 1 N–H and O–H groups in total. The van der Waals surface area contributed by atoms with Crippen LogP contribution < -0.4 is 10.1 Å².